The van der Waals surface area contributed by atoms with E-state index in [1.54, 1.807) is 6.07 Å². The lowest BCUT2D eigenvalue weighted by molar-refractivity contribution is 0.482. The quantitative estimate of drug-likeness (QED) is 0.635. The molecule has 108 valence electrons. The van der Waals surface area contributed by atoms with Crippen molar-refractivity contribution in [3.8, 4) is 0 Å². The average Bonchev–Trinajstić information content (AvgIpc) is 2.89. The molecule has 2 rings (SSSR count). The van der Waals surface area contributed by atoms with Gasteiger partial charge in [-0.15, -0.1) is 5.10 Å². The molecule has 7 heteroatoms. The first kappa shape index (κ1) is 15.0. The van der Waals surface area contributed by atoms with Crippen molar-refractivity contribution >= 4 is 11.5 Å². The molecule has 20 heavy (non-hydrogen) atoms. The highest BCUT2D eigenvalue weighted by molar-refractivity contribution is 7.05. The Labute approximate surface area is 120 Å². The van der Waals surface area contributed by atoms with Gasteiger partial charge in [-0.25, -0.2) is 8.78 Å². The van der Waals surface area contributed by atoms with Crippen LogP contribution in [0.25, 0.3) is 0 Å². The van der Waals surface area contributed by atoms with Crippen LogP contribution in [0.2, 0.25) is 0 Å². The molecule has 0 saturated carbocycles. The van der Waals surface area contributed by atoms with E-state index in [-0.39, 0.29) is 18.0 Å². The molecule has 0 aliphatic rings. The molecule has 0 spiro atoms. The van der Waals surface area contributed by atoms with Gasteiger partial charge in [0.2, 0.25) is 0 Å². The number of hydrazine groups is 1. The summed E-state index contributed by atoms with van der Waals surface area (Å²) >= 11 is 1.23. The molecule has 0 aliphatic heterocycles. The third-order valence-corrected chi connectivity index (χ3v) is 3.93. The Hall–Kier alpha value is -1.44. The minimum atomic E-state index is -0.852. The summed E-state index contributed by atoms with van der Waals surface area (Å²) in [6.45, 7) is 2.04. The lowest BCUT2D eigenvalue weighted by Crippen LogP contribution is -2.30. The maximum Gasteiger partial charge on any atom is 0.162 e. The van der Waals surface area contributed by atoms with Crippen LogP contribution in [0, 0.1) is 11.6 Å². The van der Waals surface area contributed by atoms with Gasteiger partial charge in [-0.1, -0.05) is 30.0 Å². The van der Waals surface area contributed by atoms with Gasteiger partial charge in [-0.2, -0.15) is 0 Å². The first-order chi connectivity index (χ1) is 9.67. The first-order valence-corrected chi connectivity index (χ1v) is 7.14. The molecule has 0 amide bonds. The Morgan fingerprint density at radius 1 is 1.40 bits per heavy atom. The molecule has 0 fully saturated rings. The number of nitrogens with one attached hydrogen (secondary N) is 1. The van der Waals surface area contributed by atoms with Gasteiger partial charge in [0.15, 0.2) is 11.6 Å². The van der Waals surface area contributed by atoms with Crippen LogP contribution in [0.3, 0.4) is 0 Å². The van der Waals surface area contributed by atoms with E-state index in [2.05, 4.69) is 15.0 Å². The summed E-state index contributed by atoms with van der Waals surface area (Å²) < 4.78 is 30.9. The number of aryl methyl sites for hydroxylation is 1. The summed E-state index contributed by atoms with van der Waals surface area (Å²) in [5.74, 6) is 3.87. The molecule has 0 radical (unpaired) electrons. The number of nitrogens with two attached hydrogens (primary N) is 1. The normalized spacial score (nSPS) is 12.6. The van der Waals surface area contributed by atoms with Gasteiger partial charge in [-0.05, 0) is 36.0 Å². The number of benzene rings is 1. The van der Waals surface area contributed by atoms with Gasteiger partial charge in [0, 0.05) is 0 Å². The topological polar surface area (TPSA) is 63.8 Å². The summed E-state index contributed by atoms with van der Waals surface area (Å²) in [4.78, 5) is 0.873. The molecule has 1 atom stereocenters. The first-order valence-electron chi connectivity index (χ1n) is 6.37. The van der Waals surface area contributed by atoms with Gasteiger partial charge in [-0.3, -0.25) is 11.3 Å². The molecule has 3 N–H and O–H groups in total. The number of nitrogens with zero attached hydrogens (tertiary/aromatic N) is 2. The third-order valence-electron chi connectivity index (χ3n) is 3.05. The molecular weight excluding hydrogens is 282 g/mol. The minimum absolute atomic E-state index is 0.251. The van der Waals surface area contributed by atoms with Crippen LogP contribution in [0.1, 0.15) is 35.5 Å². The standard InChI is InChI=1S/C13H16F2N4S/c1-2-4-10-13(20-19-18-10)11(17-16)7-8-5-3-6-9(14)12(8)15/h3,5-6,11,17H,2,4,7,16H2,1H3. The third kappa shape index (κ3) is 3.17. The van der Waals surface area contributed by atoms with E-state index in [0.717, 1.165) is 29.5 Å². The van der Waals surface area contributed by atoms with E-state index in [0.29, 0.717) is 0 Å². The minimum Gasteiger partial charge on any atom is -0.271 e. The largest absolute Gasteiger partial charge is 0.271 e. The fraction of sp³-hybridized carbons (Fsp3) is 0.385. The zero-order valence-corrected chi connectivity index (χ0v) is 11.9. The Morgan fingerprint density at radius 3 is 2.90 bits per heavy atom. The van der Waals surface area contributed by atoms with E-state index in [4.69, 9.17) is 5.84 Å². The van der Waals surface area contributed by atoms with Crippen molar-refractivity contribution < 1.29 is 8.78 Å². The predicted molar refractivity (Wildman–Crippen MR) is 74.0 cm³/mol. The number of rotatable bonds is 6. The summed E-state index contributed by atoms with van der Waals surface area (Å²) in [5.41, 5.74) is 3.78. The van der Waals surface area contributed by atoms with Gasteiger partial charge < -0.3 is 0 Å². The Morgan fingerprint density at radius 2 is 2.20 bits per heavy atom. The van der Waals surface area contributed by atoms with Crippen LogP contribution in [0.4, 0.5) is 8.78 Å². The van der Waals surface area contributed by atoms with Gasteiger partial charge >= 0.3 is 0 Å². The maximum absolute atomic E-state index is 13.7. The Bertz CT molecular complexity index is 573. The molecule has 1 aromatic carbocycles. The summed E-state index contributed by atoms with van der Waals surface area (Å²) in [5, 5.41) is 4.06. The summed E-state index contributed by atoms with van der Waals surface area (Å²) in [6.07, 6.45) is 1.97. The second kappa shape index (κ2) is 6.83. The van der Waals surface area contributed by atoms with E-state index in [1.807, 2.05) is 6.92 Å². The molecule has 1 aromatic heterocycles. The average molecular weight is 298 g/mol. The summed E-state index contributed by atoms with van der Waals surface area (Å²) in [6, 6.07) is 3.81. The predicted octanol–water partition coefficient (Wildman–Crippen LogP) is 2.52. The van der Waals surface area contributed by atoms with Crippen LogP contribution in [-0.4, -0.2) is 9.59 Å². The second-order valence-corrected chi connectivity index (χ2v) is 5.26. The lowest BCUT2D eigenvalue weighted by atomic mass is 10.0. The SMILES string of the molecule is CCCc1nnsc1C(Cc1cccc(F)c1F)NN. The molecule has 0 aliphatic carbocycles. The van der Waals surface area contributed by atoms with Crippen molar-refractivity contribution in [1.29, 1.82) is 0 Å². The zero-order chi connectivity index (χ0) is 14.5. The van der Waals surface area contributed by atoms with E-state index < -0.39 is 11.6 Å². The number of hydrogen-bond acceptors (Lipinski definition) is 5. The van der Waals surface area contributed by atoms with Gasteiger partial charge in [0.25, 0.3) is 0 Å². The van der Waals surface area contributed by atoms with Crippen LogP contribution < -0.4 is 11.3 Å². The molecular formula is C13H16F2N4S. The highest BCUT2D eigenvalue weighted by Crippen LogP contribution is 2.26. The van der Waals surface area contributed by atoms with Crippen LogP contribution >= 0.6 is 11.5 Å². The second-order valence-electron chi connectivity index (χ2n) is 4.47. The van der Waals surface area contributed by atoms with Crippen molar-refractivity contribution in [3.63, 3.8) is 0 Å². The fourth-order valence-electron chi connectivity index (χ4n) is 2.04. The molecule has 0 bridgehead atoms. The van der Waals surface area contributed by atoms with Gasteiger partial charge in [0.1, 0.15) is 0 Å². The molecule has 4 nitrogen and oxygen atoms in total. The number of halogens is 2. The lowest BCUT2D eigenvalue weighted by Gasteiger charge is -2.15. The van der Waals surface area contributed by atoms with Gasteiger partial charge in [0.05, 0.1) is 16.6 Å². The van der Waals surface area contributed by atoms with Crippen LogP contribution in [0.15, 0.2) is 18.2 Å². The van der Waals surface area contributed by atoms with Crippen molar-refractivity contribution in [2.24, 2.45) is 5.84 Å². The Kier molecular flexibility index (Phi) is 5.11. The number of aromatic nitrogens is 2. The fourth-order valence-corrected chi connectivity index (χ4v) is 2.80. The molecule has 2 aromatic rings. The highest BCUT2D eigenvalue weighted by atomic mass is 32.1. The van der Waals surface area contributed by atoms with E-state index in [1.165, 1.54) is 17.6 Å². The van der Waals surface area contributed by atoms with E-state index in [9.17, 15) is 8.78 Å². The smallest absolute Gasteiger partial charge is 0.162 e. The number of hydrogen-bond donors (Lipinski definition) is 2. The Balaban J connectivity index is 2.24. The molecule has 1 heterocycles. The van der Waals surface area contributed by atoms with Crippen molar-refractivity contribution in [2.75, 3.05) is 0 Å². The summed E-state index contributed by atoms with van der Waals surface area (Å²) in [7, 11) is 0. The van der Waals surface area contributed by atoms with Crippen LogP contribution in [-0.2, 0) is 12.8 Å². The molecule has 1 unspecified atom stereocenters. The highest BCUT2D eigenvalue weighted by Gasteiger charge is 2.20. The van der Waals surface area contributed by atoms with Crippen molar-refractivity contribution in [2.45, 2.75) is 32.2 Å². The zero-order valence-electron chi connectivity index (χ0n) is 11.1. The molecule has 0 saturated heterocycles. The van der Waals surface area contributed by atoms with Crippen molar-refractivity contribution in [3.05, 3.63) is 46.0 Å². The van der Waals surface area contributed by atoms with Crippen molar-refractivity contribution in [1.82, 2.24) is 15.0 Å². The maximum atomic E-state index is 13.7. The van der Waals surface area contributed by atoms with E-state index >= 15 is 0 Å². The van der Waals surface area contributed by atoms with Crippen LogP contribution in [0.5, 0.6) is 0 Å². The monoisotopic (exact) mass is 298 g/mol.